The largest absolute Gasteiger partial charge is 0.355 e. The number of hydrogen-bond acceptors (Lipinski definition) is 4. The Balaban J connectivity index is 2.55. The topological polar surface area (TPSA) is 104 Å². The van der Waals surface area contributed by atoms with Gasteiger partial charge in [0.2, 0.25) is 0 Å². The van der Waals surface area contributed by atoms with Crippen molar-refractivity contribution in [2.75, 3.05) is 14.1 Å². The van der Waals surface area contributed by atoms with E-state index in [4.69, 9.17) is 5.26 Å². The van der Waals surface area contributed by atoms with Crippen molar-refractivity contribution < 1.29 is 9.59 Å². The summed E-state index contributed by atoms with van der Waals surface area (Å²) in [5.41, 5.74) is 0.758. The van der Waals surface area contributed by atoms with Crippen molar-refractivity contribution in [3.63, 3.8) is 0 Å². The summed E-state index contributed by atoms with van der Waals surface area (Å²) in [6.07, 6.45) is 1.40. The van der Waals surface area contributed by atoms with Gasteiger partial charge in [-0.05, 0) is 23.8 Å². The Morgan fingerprint density at radius 1 is 1.17 bits per heavy atom. The van der Waals surface area contributed by atoms with E-state index in [1.54, 1.807) is 24.3 Å². The third kappa shape index (κ3) is 3.50. The van der Waals surface area contributed by atoms with Gasteiger partial charge in [-0.25, -0.2) is 0 Å². The normalized spacial score (nSPS) is 9.88. The van der Waals surface area contributed by atoms with Gasteiger partial charge in [0.1, 0.15) is 5.56 Å². The standard InChI is InChI=1S/C17H16N4O3/c1-19-15(22)13-7-14(16(23)20-2)17(24)21(10-13)9-12-5-3-4-11(6-12)8-18/h3-7,10H,9H2,1-2H3,(H,19,22)(H,20,23). The molecule has 0 spiro atoms. The first kappa shape index (κ1) is 17.0. The number of rotatable bonds is 4. The Labute approximate surface area is 138 Å². The molecule has 122 valence electrons. The molecule has 1 aromatic carbocycles. The maximum atomic E-state index is 12.5. The van der Waals surface area contributed by atoms with Gasteiger partial charge in [0.05, 0.1) is 23.7 Å². The highest BCUT2D eigenvalue weighted by atomic mass is 16.2. The fraction of sp³-hybridized carbons (Fsp3) is 0.176. The summed E-state index contributed by atoms with van der Waals surface area (Å²) in [6.45, 7) is 0.142. The Bertz CT molecular complexity index is 893. The average molecular weight is 324 g/mol. The van der Waals surface area contributed by atoms with Crippen LogP contribution in [0.4, 0.5) is 0 Å². The summed E-state index contributed by atoms with van der Waals surface area (Å²) >= 11 is 0. The maximum absolute atomic E-state index is 12.5. The van der Waals surface area contributed by atoms with Crippen molar-refractivity contribution in [3.8, 4) is 6.07 Å². The minimum Gasteiger partial charge on any atom is -0.355 e. The minimum atomic E-state index is -0.565. The molecule has 24 heavy (non-hydrogen) atoms. The summed E-state index contributed by atoms with van der Waals surface area (Å²) in [7, 11) is 2.88. The first-order valence-corrected chi connectivity index (χ1v) is 7.17. The van der Waals surface area contributed by atoms with Crippen LogP contribution in [-0.2, 0) is 6.54 Å². The number of nitrogens with one attached hydrogen (secondary N) is 2. The van der Waals surface area contributed by atoms with Gasteiger partial charge in [-0.15, -0.1) is 0 Å². The van der Waals surface area contributed by atoms with Gasteiger partial charge in [0, 0.05) is 20.3 Å². The Kier molecular flexibility index (Phi) is 5.12. The third-order valence-corrected chi connectivity index (χ3v) is 3.46. The summed E-state index contributed by atoms with van der Waals surface area (Å²) in [6, 6.07) is 10.1. The average Bonchev–Trinajstić information content (AvgIpc) is 2.62. The fourth-order valence-corrected chi connectivity index (χ4v) is 2.25. The van der Waals surface area contributed by atoms with Crippen LogP contribution in [-0.4, -0.2) is 30.5 Å². The molecule has 2 N–H and O–H groups in total. The maximum Gasteiger partial charge on any atom is 0.263 e. The molecule has 0 unspecified atom stereocenters. The van der Waals surface area contributed by atoms with Crippen LogP contribution in [0.3, 0.4) is 0 Å². The van der Waals surface area contributed by atoms with Gasteiger partial charge in [-0.1, -0.05) is 12.1 Å². The number of nitriles is 1. The molecule has 0 atom stereocenters. The Morgan fingerprint density at radius 3 is 2.50 bits per heavy atom. The second-order valence-electron chi connectivity index (χ2n) is 5.05. The zero-order chi connectivity index (χ0) is 17.7. The van der Waals surface area contributed by atoms with E-state index in [-0.39, 0.29) is 17.7 Å². The summed E-state index contributed by atoms with van der Waals surface area (Å²) in [5.74, 6) is -0.968. The molecular weight excluding hydrogens is 308 g/mol. The van der Waals surface area contributed by atoms with Crippen molar-refractivity contribution in [1.29, 1.82) is 5.26 Å². The van der Waals surface area contributed by atoms with Crippen LogP contribution in [0.25, 0.3) is 0 Å². The van der Waals surface area contributed by atoms with E-state index >= 15 is 0 Å². The zero-order valence-electron chi connectivity index (χ0n) is 13.3. The molecule has 0 saturated carbocycles. The number of pyridine rings is 1. The monoisotopic (exact) mass is 324 g/mol. The number of amides is 2. The first-order valence-electron chi connectivity index (χ1n) is 7.17. The van der Waals surface area contributed by atoms with Crippen molar-refractivity contribution in [2.24, 2.45) is 0 Å². The van der Waals surface area contributed by atoms with Crippen LogP contribution >= 0.6 is 0 Å². The zero-order valence-corrected chi connectivity index (χ0v) is 13.3. The van der Waals surface area contributed by atoms with Crippen molar-refractivity contribution in [1.82, 2.24) is 15.2 Å². The molecule has 0 aliphatic rings. The minimum absolute atomic E-state index is 0.116. The van der Waals surface area contributed by atoms with Crippen molar-refractivity contribution in [2.45, 2.75) is 6.54 Å². The second-order valence-corrected chi connectivity index (χ2v) is 5.05. The van der Waals surface area contributed by atoms with E-state index in [1.165, 1.54) is 30.9 Å². The molecule has 7 nitrogen and oxygen atoms in total. The molecule has 0 saturated heterocycles. The van der Waals surface area contributed by atoms with Crippen LogP contribution in [0.2, 0.25) is 0 Å². The van der Waals surface area contributed by atoms with E-state index in [9.17, 15) is 14.4 Å². The number of aromatic nitrogens is 1. The second kappa shape index (κ2) is 7.24. The highest BCUT2D eigenvalue weighted by Crippen LogP contribution is 2.08. The first-order chi connectivity index (χ1) is 11.5. The molecule has 2 aromatic rings. The van der Waals surface area contributed by atoms with E-state index in [0.29, 0.717) is 11.1 Å². The molecule has 0 aliphatic carbocycles. The van der Waals surface area contributed by atoms with Crippen molar-refractivity contribution in [3.05, 3.63) is 69.1 Å². The van der Waals surface area contributed by atoms with Crippen LogP contribution in [0, 0.1) is 11.3 Å². The van der Waals surface area contributed by atoms with Gasteiger partial charge in [-0.3, -0.25) is 14.4 Å². The van der Waals surface area contributed by atoms with E-state index < -0.39 is 17.4 Å². The van der Waals surface area contributed by atoms with Gasteiger partial charge in [-0.2, -0.15) is 5.26 Å². The predicted molar refractivity (Wildman–Crippen MR) is 87.7 cm³/mol. The van der Waals surface area contributed by atoms with E-state index in [0.717, 1.165) is 0 Å². The van der Waals surface area contributed by atoms with Gasteiger partial charge in [0.25, 0.3) is 17.4 Å². The fourth-order valence-electron chi connectivity index (χ4n) is 2.25. The lowest BCUT2D eigenvalue weighted by atomic mass is 10.1. The lowest BCUT2D eigenvalue weighted by Gasteiger charge is -2.11. The SMILES string of the molecule is CNC(=O)c1cc(C(=O)NC)c(=O)n(Cc2cccc(C#N)c2)c1. The van der Waals surface area contributed by atoms with E-state index in [2.05, 4.69) is 10.6 Å². The van der Waals surface area contributed by atoms with Gasteiger partial charge < -0.3 is 15.2 Å². The molecule has 2 amide bonds. The number of hydrogen-bond donors (Lipinski definition) is 2. The number of nitrogens with zero attached hydrogens (tertiary/aromatic N) is 2. The quantitative estimate of drug-likeness (QED) is 0.854. The molecule has 0 aliphatic heterocycles. The van der Waals surface area contributed by atoms with Crippen LogP contribution < -0.4 is 16.2 Å². The lowest BCUT2D eigenvalue weighted by molar-refractivity contribution is 0.0961. The van der Waals surface area contributed by atoms with Crippen molar-refractivity contribution >= 4 is 11.8 Å². The summed E-state index contributed by atoms with van der Waals surface area (Å²) in [5, 5.41) is 13.8. The molecular formula is C17H16N4O3. The van der Waals surface area contributed by atoms with Crippen LogP contribution in [0.1, 0.15) is 31.8 Å². The van der Waals surface area contributed by atoms with Crippen LogP contribution in [0.5, 0.6) is 0 Å². The molecule has 0 fully saturated rings. The molecule has 0 bridgehead atoms. The smallest absolute Gasteiger partial charge is 0.263 e. The molecule has 0 radical (unpaired) electrons. The highest BCUT2D eigenvalue weighted by molar-refractivity contribution is 5.99. The lowest BCUT2D eigenvalue weighted by Crippen LogP contribution is -2.33. The Hall–Kier alpha value is -3.40. The third-order valence-electron chi connectivity index (χ3n) is 3.46. The van der Waals surface area contributed by atoms with Crippen LogP contribution in [0.15, 0.2) is 41.3 Å². The van der Waals surface area contributed by atoms with Gasteiger partial charge >= 0.3 is 0 Å². The number of benzene rings is 1. The predicted octanol–water partition coefficient (Wildman–Crippen LogP) is 0.487. The molecule has 1 aromatic heterocycles. The van der Waals surface area contributed by atoms with Gasteiger partial charge in [0.15, 0.2) is 0 Å². The summed E-state index contributed by atoms with van der Waals surface area (Å²) in [4.78, 5) is 36.3. The molecule has 7 heteroatoms. The summed E-state index contributed by atoms with van der Waals surface area (Å²) < 4.78 is 1.28. The molecule has 1 heterocycles. The van der Waals surface area contributed by atoms with E-state index in [1.807, 2.05) is 6.07 Å². The molecule has 2 rings (SSSR count). The highest BCUT2D eigenvalue weighted by Gasteiger charge is 2.16. The Morgan fingerprint density at radius 2 is 1.88 bits per heavy atom. The number of carbonyl (C=O) groups excluding carboxylic acids is 2. The number of carbonyl (C=O) groups is 2.